The lowest BCUT2D eigenvalue weighted by Crippen LogP contribution is -2.17. The van der Waals surface area contributed by atoms with Gasteiger partial charge in [0.25, 0.3) is 10.0 Å². The second-order valence-corrected chi connectivity index (χ2v) is 7.44. The van der Waals surface area contributed by atoms with E-state index in [1.54, 1.807) is 19.1 Å². The highest BCUT2D eigenvalue weighted by Crippen LogP contribution is 2.24. The van der Waals surface area contributed by atoms with Crippen LogP contribution in [0.5, 0.6) is 0 Å². The molecule has 6 heteroatoms. The third kappa shape index (κ3) is 3.47. The molecule has 1 fully saturated rings. The Morgan fingerprint density at radius 2 is 1.70 bits per heavy atom. The molecule has 0 saturated carbocycles. The van der Waals surface area contributed by atoms with Crippen LogP contribution in [0.2, 0.25) is 0 Å². The van der Waals surface area contributed by atoms with Crippen molar-refractivity contribution in [3.63, 3.8) is 0 Å². The molecule has 1 aliphatic rings. The number of anilines is 2. The van der Waals surface area contributed by atoms with Crippen molar-refractivity contribution >= 4 is 21.4 Å². The molecule has 1 N–H and O–H groups in total. The highest BCUT2D eigenvalue weighted by Gasteiger charge is 2.16. The number of hydrogen-bond acceptors (Lipinski definition) is 3. The molecule has 0 radical (unpaired) electrons. The average Bonchev–Trinajstić information content (AvgIpc) is 3.04. The van der Waals surface area contributed by atoms with E-state index in [1.165, 1.54) is 31.0 Å². The first-order valence-electron chi connectivity index (χ1n) is 7.60. The third-order valence-electron chi connectivity index (χ3n) is 4.03. The molecule has 2 aromatic rings. The van der Waals surface area contributed by atoms with Crippen LogP contribution in [0.4, 0.5) is 15.8 Å². The van der Waals surface area contributed by atoms with Crippen molar-refractivity contribution in [2.45, 2.75) is 24.7 Å². The molecule has 0 unspecified atom stereocenters. The van der Waals surface area contributed by atoms with Crippen molar-refractivity contribution in [3.8, 4) is 0 Å². The second-order valence-electron chi connectivity index (χ2n) is 5.76. The molecule has 0 aromatic heterocycles. The Morgan fingerprint density at radius 3 is 2.30 bits per heavy atom. The van der Waals surface area contributed by atoms with Crippen molar-refractivity contribution < 1.29 is 12.8 Å². The Balaban J connectivity index is 1.78. The molecule has 4 nitrogen and oxygen atoms in total. The summed E-state index contributed by atoms with van der Waals surface area (Å²) in [7, 11) is -3.71. The first kappa shape index (κ1) is 15.8. The molecule has 0 bridgehead atoms. The Morgan fingerprint density at radius 1 is 1.04 bits per heavy atom. The van der Waals surface area contributed by atoms with Gasteiger partial charge in [0.15, 0.2) is 0 Å². The van der Waals surface area contributed by atoms with E-state index in [1.807, 2.05) is 12.1 Å². The van der Waals surface area contributed by atoms with E-state index in [0.29, 0.717) is 11.3 Å². The van der Waals surface area contributed by atoms with Crippen molar-refractivity contribution in [1.82, 2.24) is 0 Å². The van der Waals surface area contributed by atoms with Crippen molar-refractivity contribution in [1.29, 1.82) is 0 Å². The van der Waals surface area contributed by atoms with E-state index in [4.69, 9.17) is 0 Å². The zero-order valence-electron chi connectivity index (χ0n) is 12.9. The minimum Gasteiger partial charge on any atom is -0.372 e. The van der Waals surface area contributed by atoms with Crippen molar-refractivity contribution in [2.75, 3.05) is 22.7 Å². The van der Waals surface area contributed by atoms with Gasteiger partial charge in [-0.3, -0.25) is 4.72 Å². The van der Waals surface area contributed by atoms with E-state index in [2.05, 4.69) is 9.62 Å². The number of sulfonamides is 1. The normalized spacial score (nSPS) is 15.0. The summed E-state index contributed by atoms with van der Waals surface area (Å²) >= 11 is 0. The fraction of sp³-hybridized carbons (Fsp3) is 0.294. The van der Waals surface area contributed by atoms with Gasteiger partial charge < -0.3 is 4.90 Å². The summed E-state index contributed by atoms with van der Waals surface area (Å²) in [6, 6.07) is 11.1. The second kappa shape index (κ2) is 6.20. The molecule has 0 amide bonds. The molecular weight excluding hydrogens is 315 g/mol. The van der Waals surface area contributed by atoms with Gasteiger partial charge in [0.2, 0.25) is 0 Å². The third-order valence-corrected chi connectivity index (χ3v) is 5.41. The fourth-order valence-electron chi connectivity index (χ4n) is 2.71. The van der Waals surface area contributed by atoms with Gasteiger partial charge in [-0.25, -0.2) is 12.8 Å². The highest BCUT2D eigenvalue weighted by molar-refractivity contribution is 7.92. The number of halogens is 1. The molecular formula is C17H19FN2O2S. The first-order chi connectivity index (χ1) is 11.0. The maximum atomic E-state index is 13.3. The van der Waals surface area contributed by atoms with Gasteiger partial charge in [0.05, 0.1) is 4.90 Å². The Hall–Kier alpha value is -2.08. The fourth-order valence-corrected chi connectivity index (χ4v) is 3.86. The number of rotatable bonds is 4. The number of benzene rings is 2. The van der Waals surface area contributed by atoms with Crippen LogP contribution in [-0.4, -0.2) is 21.5 Å². The molecule has 23 heavy (non-hydrogen) atoms. The van der Waals surface area contributed by atoms with Crippen LogP contribution in [0.15, 0.2) is 47.4 Å². The quantitative estimate of drug-likeness (QED) is 0.930. The molecule has 1 aliphatic heterocycles. The topological polar surface area (TPSA) is 49.4 Å². The highest BCUT2D eigenvalue weighted by atomic mass is 32.2. The van der Waals surface area contributed by atoms with E-state index in [0.717, 1.165) is 18.8 Å². The van der Waals surface area contributed by atoms with Crippen molar-refractivity contribution in [2.24, 2.45) is 0 Å². The van der Waals surface area contributed by atoms with E-state index >= 15 is 0 Å². The van der Waals surface area contributed by atoms with Crippen LogP contribution >= 0.6 is 0 Å². The molecule has 1 saturated heterocycles. The Kier molecular flexibility index (Phi) is 4.26. The number of nitrogens with one attached hydrogen (secondary N) is 1. The summed E-state index contributed by atoms with van der Waals surface area (Å²) in [5.74, 6) is -0.418. The lowest BCUT2D eigenvalue weighted by molar-refractivity contribution is 0.598. The minimum absolute atomic E-state index is 0.0556. The maximum absolute atomic E-state index is 13.3. The van der Waals surface area contributed by atoms with Crippen molar-refractivity contribution in [3.05, 3.63) is 53.8 Å². The largest absolute Gasteiger partial charge is 0.372 e. The molecule has 0 spiro atoms. The number of nitrogens with zero attached hydrogens (tertiary/aromatic N) is 1. The monoisotopic (exact) mass is 334 g/mol. The maximum Gasteiger partial charge on any atom is 0.261 e. The summed E-state index contributed by atoms with van der Waals surface area (Å²) in [5.41, 5.74) is 1.90. The molecule has 122 valence electrons. The molecule has 2 aromatic carbocycles. The van der Waals surface area contributed by atoms with Gasteiger partial charge in [-0.2, -0.15) is 0 Å². The lowest BCUT2D eigenvalue weighted by Gasteiger charge is -2.18. The predicted octanol–water partition coefficient (Wildman–Crippen LogP) is 3.54. The zero-order valence-corrected chi connectivity index (χ0v) is 13.7. The standard InChI is InChI=1S/C17H19FN2O2S/c1-13-12-16(8-9-17(13)18)23(21,22)19-14-4-6-15(7-5-14)20-10-2-3-11-20/h4-9,12,19H,2-3,10-11H2,1H3. The number of aryl methyl sites for hydroxylation is 1. The Bertz CT molecular complexity index is 798. The minimum atomic E-state index is -3.71. The van der Waals surface area contributed by atoms with Crippen LogP contribution in [0.25, 0.3) is 0 Å². The van der Waals surface area contributed by atoms with Crippen LogP contribution < -0.4 is 9.62 Å². The molecule has 3 rings (SSSR count). The van der Waals surface area contributed by atoms with Gasteiger partial charge in [-0.1, -0.05) is 0 Å². The summed E-state index contributed by atoms with van der Waals surface area (Å²) in [6.45, 7) is 3.62. The van der Waals surface area contributed by atoms with Crippen LogP contribution in [0.1, 0.15) is 18.4 Å². The predicted molar refractivity (Wildman–Crippen MR) is 89.8 cm³/mol. The molecule has 0 aliphatic carbocycles. The average molecular weight is 334 g/mol. The van der Waals surface area contributed by atoms with Gasteiger partial charge in [0.1, 0.15) is 5.82 Å². The summed E-state index contributed by atoms with van der Waals surface area (Å²) in [4.78, 5) is 2.33. The van der Waals surface area contributed by atoms with Gasteiger partial charge in [-0.05, 0) is 67.8 Å². The van der Waals surface area contributed by atoms with Crippen LogP contribution in [0.3, 0.4) is 0 Å². The van der Waals surface area contributed by atoms with Crippen LogP contribution in [0, 0.1) is 12.7 Å². The van der Waals surface area contributed by atoms with Gasteiger partial charge >= 0.3 is 0 Å². The van der Waals surface area contributed by atoms with E-state index < -0.39 is 15.8 Å². The smallest absolute Gasteiger partial charge is 0.261 e. The van der Waals surface area contributed by atoms with Crippen LogP contribution in [-0.2, 0) is 10.0 Å². The number of hydrogen-bond donors (Lipinski definition) is 1. The first-order valence-corrected chi connectivity index (χ1v) is 9.08. The van der Waals surface area contributed by atoms with Gasteiger partial charge in [0, 0.05) is 24.5 Å². The molecule has 1 heterocycles. The van der Waals surface area contributed by atoms with E-state index in [-0.39, 0.29) is 4.90 Å². The Labute approximate surface area is 136 Å². The SMILES string of the molecule is Cc1cc(S(=O)(=O)Nc2ccc(N3CCCC3)cc2)ccc1F. The van der Waals surface area contributed by atoms with Gasteiger partial charge in [-0.15, -0.1) is 0 Å². The summed E-state index contributed by atoms with van der Waals surface area (Å²) in [6.07, 6.45) is 2.39. The zero-order chi connectivity index (χ0) is 16.4. The summed E-state index contributed by atoms with van der Waals surface area (Å²) in [5, 5.41) is 0. The lowest BCUT2D eigenvalue weighted by atomic mass is 10.2. The van der Waals surface area contributed by atoms with E-state index in [9.17, 15) is 12.8 Å². The molecule has 0 atom stereocenters. The summed E-state index contributed by atoms with van der Waals surface area (Å²) < 4.78 is 40.5.